The quantitative estimate of drug-likeness (QED) is 0.233. The lowest BCUT2D eigenvalue weighted by molar-refractivity contribution is -0.125. The van der Waals surface area contributed by atoms with Crippen molar-refractivity contribution < 1.29 is 14.3 Å². The molecule has 0 spiro atoms. The van der Waals surface area contributed by atoms with E-state index in [1.54, 1.807) is 37.4 Å². The van der Waals surface area contributed by atoms with Gasteiger partial charge in [-0.1, -0.05) is 18.2 Å². The smallest absolute Gasteiger partial charge is 0.335 e. The summed E-state index contributed by atoms with van der Waals surface area (Å²) in [7, 11) is 1.61. The van der Waals surface area contributed by atoms with E-state index in [4.69, 9.17) is 15.2 Å². The summed E-state index contributed by atoms with van der Waals surface area (Å²) in [5, 5.41) is 9.83. The van der Waals surface area contributed by atoms with Crippen molar-refractivity contribution in [1.82, 2.24) is 28.9 Å². The number of para-hydroxylation sites is 1. The molecular formula is C31H34N8O4. The van der Waals surface area contributed by atoms with Crippen molar-refractivity contribution in [2.24, 2.45) is 0 Å². The number of hydrogen-bond donors (Lipinski definition) is 1. The van der Waals surface area contributed by atoms with Crippen molar-refractivity contribution in [3.63, 3.8) is 0 Å². The van der Waals surface area contributed by atoms with Gasteiger partial charge in [0.1, 0.15) is 35.0 Å². The summed E-state index contributed by atoms with van der Waals surface area (Å²) in [5.74, 6) is 1.02. The minimum atomic E-state index is -0.508. The predicted octanol–water partition coefficient (Wildman–Crippen LogP) is 2.98. The number of carbonyl (C=O) groups excluding carboxylic acids is 1. The fraction of sp³-hybridized carbons (Fsp3) is 0.323. The van der Waals surface area contributed by atoms with E-state index in [2.05, 4.69) is 20.9 Å². The van der Waals surface area contributed by atoms with Crippen molar-refractivity contribution >= 4 is 22.9 Å². The number of hydrogen-bond acceptors (Lipinski definition) is 9. The van der Waals surface area contributed by atoms with E-state index >= 15 is 0 Å². The molecule has 0 saturated carbocycles. The molecule has 0 radical (unpaired) electrons. The number of fused-ring (bicyclic) bond motifs is 1. The Bertz CT molecular complexity index is 1730. The third-order valence-corrected chi connectivity index (χ3v) is 7.49. The molecule has 5 rings (SSSR count). The summed E-state index contributed by atoms with van der Waals surface area (Å²) in [6.45, 7) is 6.87. The van der Waals surface area contributed by atoms with Crippen molar-refractivity contribution in [2.75, 3.05) is 45.6 Å². The second-order valence-corrected chi connectivity index (χ2v) is 10.8. The summed E-state index contributed by atoms with van der Waals surface area (Å²) >= 11 is 0. The monoisotopic (exact) mass is 582 g/mol. The average Bonchev–Trinajstić information content (AvgIpc) is 3.31. The van der Waals surface area contributed by atoms with Crippen molar-refractivity contribution in [1.29, 1.82) is 5.26 Å². The number of rotatable bonds is 9. The van der Waals surface area contributed by atoms with Crippen LogP contribution in [-0.4, -0.2) is 80.2 Å². The van der Waals surface area contributed by atoms with Crippen molar-refractivity contribution in [2.45, 2.75) is 25.9 Å². The van der Waals surface area contributed by atoms with Crippen LogP contribution in [0, 0.1) is 11.3 Å². The Morgan fingerprint density at radius 1 is 1.12 bits per heavy atom. The number of morpholine rings is 1. The van der Waals surface area contributed by atoms with Crippen LogP contribution in [0.1, 0.15) is 13.8 Å². The average molecular weight is 583 g/mol. The molecule has 1 aliphatic rings. The number of anilines is 1. The van der Waals surface area contributed by atoms with Crippen molar-refractivity contribution in [3.8, 4) is 23.3 Å². The second kappa shape index (κ2) is 12.5. The highest BCUT2D eigenvalue weighted by Gasteiger charge is 2.29. The summed E-state index contributed by atoms with van der Waals surface area (Å²) in [6, 6.07) is 18.5. The van der Waals surface area contributed by atoms with Gasteiger partial charge in [-0.05, 0) is 56.3 Å². The topological polar surface area (TPSA) is 145 Å². The number of nitriles is 1. The van der Waals surface area contributed by atoms with Crippen LogP contribution in [0.15, 0.2) is 77.4 Å². The van der Waals surface area contributed by atoms with Crippen molar-refractivity contribution in [3.05, 3.63) is 83.1 Å². The number of aromatic nitrogens is 4. The lowest BCUT2D eigenvalue weighted by Crippen LogP contribution is -2.49. The number of ether oxygens (including phenoxy) is 2. The molecular weight excluding hydrogens is 548 g/mol. The molecule has 4 aromatic rings. The molecule has 1 aliphatic heterocycles. The van der Waals surface area contributed by atoms with Crippen LogP contribution >= 0.6 is 0 Å². The summed E-state index contributed by atoms with van der Waals surface area (Å²) in [4.78, 5) is 39.1. The Labute approximate surface area is 249 Å². The van der Waals surface area contributed by atoms with E-state index in [-0.39, 0.29) is 30.2 Å². The van der Waals surface area contributed by atoms with Crippen LogP contribution in [0.4, 0.5) is 5.82 Å². The van der Waals surface area contributed by atoms with E-state index in [0.29, 0.717) is 54.7 Å². The number of likely N-dealkylation sites (N-methyl/N-ethyl adjacent to an activating group) is 1. The molecule has 0 unspecified atom stereocenters. The zero-order valence-corrected chi connectivity index (χ0v) is 24.4. The molecule has 1 fully saturated rings. The highest BCUT2D eigenvalue weighted by Crippen LogP contribution is 2.25. The number of benzene rings is 2. The molecule has 222 valence electrons. The lowest BCUT2D eigenvalue weighted by Gasteiger charge is -2.39. The van der Waals surface area contributed by atoms with Gasteiger partial charge in [-0.2, -0.15) is 5.26 Å². The number of amides is 1. The first-order valence-corrected chi connectivity index (χ1v) is 14.0. The maximum atomic E-state index is 13.7. The Morgan fingerprint density at radius 3 is 2.47 bits per heavy atom. The molecule has 2 aromatic heterocycles. The molecule has 0 atom stereocenters. The van der Waals surface area contributed by atoms with E-state index in [9.17, 15) is 14.9 Å². The Kier molecular flexibility index (Phi) is 8.56. The third-order valence-electron chi connectivity index (χ3n) is 7.49. The van der Waals surface area contributed by atoms with Crippen LogP contribution in [0.3, 0.4) is 0 Å². The van der Waals surface area contributed by atoms with E-state index in [1.807, 2.05) is 44.2 Å². The highest BCUT2D eigenvalue weighted by atomic mass is 16.5. The normalized spacial score (nSPS) is 14.4. The number of nitrogens with two attached hydrogens (primary N) is 1. The zero-order valence-electron chi connectivity index (χ0n) is 24.4. The molecule has 0 aliphatic carbocycles. The molecule has 2 N–H and O–H groups in total. The number of carbonyl (C=O) groups is 1. The highest BCUT2D eigenvalue weighted by molar-refractivity contribution is 5.97. The van der Waals surface area contributed by atoms with Gasteiger partial charge in [-0.15, -0.1) is 0 Å². The first-order chi connectivity index (χ1) is 20.7. The van der Waals surface area contributed by atoms with Gasteiger partial charge < -0.3 is 20.1 Å². The van der Waals surface area contributed by atoms with Crippen LogP contribution in [0.25, 0.3) is 16.9 Å². The van der Waals surface area contributed by atoms with Gasteiger partial charge in [0.2, 0.25) is 0 Å². The number of imidazole rings is 1. The van der Waals surface area contributed by atoms with Crippen LogP contribution in [0.5, 0.6) is 11.5 Å². The van der Waals surface area contributed by atoms with Gasteiger partial charge in [0.05, 0.1) is 18.9 Å². The van der Waals surface area contributed by atoms with Gasteiger partial charge in [0.15, 0.2) is 11.5 Å². The van der Waals surface area contributed by atoms with Gasteiger partial charge in [0, 0.05) is 38.8 Å². The molecule has 2 aromatic carbocycles. The molecule has 12 heteroatoms. The molecule has 0 bridgehead atoms. The predicted molar refractivity (Wildman–Crippen MR) is 162 cm³/mol. The SMILES string of the molecule is CN(CCn1c(=O)n(-c2ccc(Oc3ccccc3)cc2)c2c(N)ncnc21)C(=O)C(C#N)=CC(C)(C)N1CCOCC1. The number of nitrogens with zero attached hydrogens (tertiary/aromatic N) is 7. The lowest BCUT2D eigenvalue weighted by atomic mass is 9.98. The second-order valence-electron chi connectivity index (χ2n) is 10.8. The Balaban J connectivity index is 1.38. The number of nitrogen functional groups attached to an aromatic ring is 1. The van der Waals surface area contributed by atoms with E-state index < -0.39 is 11.4 Å². The van der Waals surface area contributed by atoms with Crippen LogP contribution in [0.2, 0.25) is 0 Å². The largest absolute Gasteiger partial charge is 0.457 e. The fourth-order valence-electron chi connectivity index (χ4n) is 5.11. The standard InChI is InChI=1S/C31H34N8O4/c1-31(2,37-15-17-42-18-16-37)19-22(20-32)29(40)36(3)13-14-38-28-26(27(33)34-21-35-28)39(30(38)41)23-9-11-25(12-10-23)43-24-7-5-4-6-8-24/h4-12,19,21H,13-18H2,1-3H3,(H2,33,34,35). The Hall–Kier alpha value is -4.99. The Morgan fingerprint density at radius 2 is 1.79 bits per heavy atom. The summed E-state index contributed by atoms with van der Waals surface area (Å²) in [6.07, 6.45) is 3.00. The molecule has 3 heterocycles. The van der Waals surface area contributed by atoms with Crippen LogP contribution in [-0.2, 0) is 16.1 Å². The minimum absolute atomic E-state index is 0.0400. The van der Waals surface area contributed by atoms with Gasteiger partial charge in [-0.3, -0.25) is 18.8 Å². The van der Waals surface area contributed by atoms with Gasteiger partial charge >= 0.3 is 5.69 Å². The third kappa shape index (κ3) is 6.28. The van der Waals surface area contributed by atoms with E-state index in [1.165, 1.54) is 20.4 Å². The first-order valence-electron chi connectivity index (χ1n) is 14.0. The van der Waals surface area contributed by atoms with Gasteiger partial charge in [0.25, 0.3) is 5.91 Å². The zero-order chi connectivity index (χ0) is 30.6. The molecule has 12 nitrogen and oxygen atoms in total. The molecule has 1 amide bonds. The summed E-state index contributed by atoms with van der Waals surface area (Å²) < 4.78 is 14.2. The maximum absolute atomic E-state index is 13.7. The van der Waals surface area contributed by atoms with Gasteiger partial charge in [-0.25, -0.2) is 14.8 Å². The van der Waals surface area contributed by atoms with Crippen LogP contribution < -0.4 is 16.2 Å². The molecule has 43 heavy (non-hydrogen) atoms. The van der Waals surface area contributed by atoms with E-state index in [0.717, 1.165) is 0 Å². The first kappa shape index (κ1) is 29.5. The fourth-order valence-corrected chi connectivity index (χ4v) is 5.11. The summed E-state index contributed by atoms with van der Waals surface area (Å²) in [5.41, 5.74) is 6.63. The maximum Gasteiger partial charge on any atom is 0.335 e. The minimum Gasteiger partial charge on any atom is -0.457 e. The molecule has 1 saturated heterocycles.